The summed E-state index contributed by atoms with van der Waals surface area (Å²) in [4.78, 5) is 4.73. The molecule has 0 bridgehead atoms. The van der Waals surface area contributed by atoms with Gasteiger partial charge in [-0.1, -0.05) is 36.4 Å². The van der Waals surface area contributed by atoms with E-state index in [1.54, 1.807) is 0 Å². The van der Waals surface area contributed by atoms with E-state index >= 15 is 0 Å². The van der Waals surface area contributed by atoms with Crippen LogP contribution < -0.4 is 5.32 Å². The number of nitrogens with one attached hydrogen (secondary N) is 1. The number of pyridine rings is 1. The molecule has 2 nitrogen and oxygen atoms in total. The Balaban J connectivity index is 0.00000176. The van der Waals surface area contributed by atoms with Crippen molar-refractivity contribution < 1.29 is 0 Å². The van der Waals surface area contributed by atoms with Crippen LogP contribution in [-0.2, 0) is 0 Å². The number of aromatic nitrogens is 1. The highest BCUT2D eigenvalue weighted by molar-refractivity contribution is 7.99. The summed E-state index contributed by atoms with van der Waals surface area (Å²) in [7, 11) is 0. The fraction of sp³-hybridized carbons (Fsp3) is 0.235. The molecule has 1 heterocycles. The number of rotatable bonds is 6. The summed E-state index contributed by atoms with van der Waals surface area (Å²) in [6, 6.07) is 16.6. The average molecular weight is 353 g/mol. The molecule has 1 aromatic heterocycles. The molecular formula is C17H18Cl2N2S. The van der Waals surface area contributed by atoms with Gasteiger partial charge in [-0.3, -0.25) is 0 Å². The lowest BCUT2D eigenvalue weighted by atomic mass is 10.1. The van der Waals surface area contributed by atoms with Crippen LogP contribution >= 0.6 is 35.8 Å². The van der Waals surface area contributed by atoms with Crippen molar-refractivity contribution in [3.63, 3.8) is 0 Å². The van der Waals surface area contributed by atoms with Gasteiger partial charge in [0.2, 0.25) is 0 Å². The molecule has 0 radical (unpaired) electrons. The van der Waals surface area contributed by atoms with Crippen LogP contribution in [0.5, 0.6) is 0 Å². The standard InChI is InChI=1S/C17H17ClN2S.ClH/c18-9-11-21-12-10-19-17-13-5-1-3-7-15(13)20-16-8-4-2-6-14(16)17;/h1-8H,9-12H2,(H,19,20);1H. The van der Waals surface area contributed by atoms with Gasteiger partial charge in [0, 0.05) is 34.7 Å². The van der Waals surface area contributed by atoms with E-state index in [9.17, 15) is 0 Å². The van der Waals surface area contributed by atoms with Crippen LogP contribution in [0.3, 0.4) is 0 Å². The molecular weight excluding hydrogens is 335 g/mol. The first-order valence-corrected chi connectivity index (χ1v) is 8.74. The van der Waals surface area contributed by atoms with Crippen molar-refractivity contribution in [3.8, 4) is 0 Å². The zero-order valence-electron chi connectivity index (χ0n) is 12.1. The van der Waals surface area contributed by atoms with Gasteiger partial charge in [-0.25, -0.2) is 4.98 Å². The Morgan fingerprint density at radius 2 is 1.50 bits per heavy atom. The third-order valence-electron chi connectivity index (χ3n) is 3.36. The summed E-state index contributed by atoms with van der Waals surface area (Å²) in [6.07, 6.45) is 0. The fourth-order valence-corrected chi connectivity index (χ4v) is 3.32. The van der Waals surface area contributed by atoms with Crippen LogP contribution in [0.1, 0.15) is 0 Å². The van der Waals surface area contributed by atoms with Gasteiger partial charge in [0.05, 0.1) is 16.7 Å². The Morgan fingerprint density at radius 1 is 0.909 bits per heavy atom. The molecule has 2 aromatic carbocycles. The average Bonchev–Trinajstić information content (AvgIpc) is 2.53. The highest BCUT2D eigenvalue weighted by Gasteiger charge is 2.07. The minimum Gasteiger partial charge on any atom is -0.383 e. The summed E-state index contributed by atoms with van der Waals surface area (Å²) >= 11 is 7.58. The Hall–Kier alpha value is -1.16. The minimum atomic E-state index is 0. The number of nitrogens with zero attached hydrogens (tertiary/aromatic N) is 1. The van der Waals surface area contributed by atoms with Gasteiger partial charge >= 0.3 is 0 Å². The summed E-state index contributed by atoms with van der Waals surface area (Å²) in [5.74, 6) is 2.77. The highest BCUT2D eigenvalue weighted by Crippen LogP contribution is 2.30. The van der Waals surface area contributed by atoms with Gasteiger partial charge in [0.25, 0.3) is 0 Å². The maximum absolute atomic E-state index is 5.70. The van der Waals surface area contributed by atoms with E-state index in [-0.39, 0.29) is 12.4 Å². The van der Waals surface area contributed by atoms with Gasteiger partial charge in [-0.2, -0.15) is 11.8 Å². The number of halogens is 2. The molecule has 0 fully saturated rings. The minimum absolute atomic E-state index is 0. The van der Waals surface area contributed by atoms with Crippen molar-refractivity contribution in [2.24, 2.45) is 0 Å². The molecule has 0 unspecified atom stereocenters. The van der Waals surface area contributed by atoms with E-state index in [0.717, 1.165) is 29.1 Å². The van der Waals surface area contributed by atoms with Gasteiger partial charge in [0.15, 0.2) is 0 Å². The fourth-order valence-electron chi connectivity index (χ4n) is 2.44. The zero-order chi connectivity index (χ0) is 14.5. The summed E-state index contributed by atoms with van der Waals surface area (Å²) < 4.78 is 0. The normalized spacial score (nSPS) is 10.6. The predicted molar refractivity (Wildman–Crippen MR) is 103 cm³/mol. The van der Waals surface area contributed by atoms with Crippen molar-refractivity contribution >= 4 is 63.3 Å². The first kappa shape index (κ1) is 17.2. The molecule has 0 aliphatic heterocycles. The quantitative estimate of drug-likeness (QED) is 0.375. The molecule has 3 aromatic rings. The monoisotopic (exact) mass is 352 g/mol. The Labute approximate surface area is 146 Å². The second-order valence-corrected chi connectivity index (χ2v) is 6.35. The molecule has 5 heteroatoms. The van der Waals surface area contributed by atoms with Crippen LogP contribution in [0.4, 0.5) is 5.69 Å². The number of benzene rings is 2. The van der Waals surface area contributed by atoms with Crippen molar-refractivity contribution in [1.82, 2.24) is 4.98 Å². The van der Waals surface area contributed by atoms with Gasteiger partial charge in [-0.05, 0) is 12.1 Å². The molecule has 0 aliphatic rings. The van der Waals surface area contributed by atoms with Crippen LogP contribution in [0, 0.1) is 0 Å². The number of thioether (sulfide) groups is 1. The van der Waals surface area contributed by atoms with Gasteiger partial charge in [-0.15, -0.1) is 24.0 Å². The molecule has 0 saturated heterocycles. The molecule has 0 spiro atoms. The number of para-hydroxylation sites is 2. The topological polar surface area (TPSA) is 24.9 Å². The van der Waals surface area contributed by atoms with E-state index in [1.807, 2.05) is 23.9 Å². The third-order valence-corrected chi connectivity index (χ3v) is 4.76. The van der Waals surface area contributed by atoms with E-state index in [0.29, 0.717) is 5.88 Å². The van der Waals surface area contributed by atoms with E-state index in [2.05, 4.69) is 41.7 Å². The summed E-state index contributed by atoms with van der Waals surface area (Å²) in [5, 5.41) is 5.94. The molecule has 1 N–H and O–H groups in total. The Bertz CT molecular complexity index is 695. The van der Waals surface area contributed by atoms with E-state index in [1.165, 1.54) is 16.5 Å². The van der Waals surface area contributed by atoms with E-state index in [4.69, 9.17) is 16.6 Å². The van der Waals surface area contributed by atoms with Crippen LogP contribution in [-0.4, -0.2) is 28.9 Å². The maximum atomic E-state index is 5.70. The molecule has 116 valence electrons. The van der Waals surface area contributed by atoms with Crippen molar-refractivity contribution in [2.75, 3.05) is 29.2 Å². The zero-order valence-corrected chi connectivity index (χ0v) is 14.5. The van der Waals surface area contributed by atoms with Crippen molar-refractivity contribution in [1.29, 1.82) is 0 Å². The number of hydrogen-bond acceptors (Lipinski definition) is 3. The summed E-state index contributed by atoms with van der Waals surface area (Å²) in [5.41, 5.74) is 3.25. The molecule has 0 amide bonds. The second-order valence-electron chi connectivity index (χ2n) is 4.75. The molecule has 3 rings (SSSR count). The van der Waals surface area contributed by atoms with Gasteiger partial charge < -0.3 is 5.32 Å². The third kappa shape index (κ3) is 3.78. The number of fused-ring (bicyclic) bond motifs is 2. The number of alkyl halides is 1. The van der Waals surface area contributed by atoms with Crippen LogP contribution in [0.15, 0.2) is 48.5 Å². The predicted octanol–water partition coefficient (Wildman–Crippen LogP) is 5.19. The lowest BCUT2D eigenvalue weighted by Gasteiger charge is -2.13. The smallest absolute Gasteiger partial charge is 0.0730 e. The second kappa shape index (κ2) is 8.47. The highest BCUT2D eigenvalue weighted by atomic mass is 35.5. The summed E-state index contributed by atoms with van der Waals surface area (Å²) in [6.45, 7) is 0.930. The molecule has 22 heavy (non-hydrogen) atoms. The maximum Gasteiger partial charge on any atom is 0.0730 e. The molecule has 0 saturated carbocycles. The first-order valence-electron chi connectivity index (χ1n) is 7.05. The van der Waals surface area contributed by atoms with Crippen LogP contribution in [0.2, 0.25) is 0 Å². The number of hydrogen-bond donors (Lipinski definition) is 1. The van der Waals surface area contributed by atoms with E-state index < -0.39 is 0 Å². The molecule has 0 atom stereocenters. The Kier molecular flexibility index (Phi) is 6.62. The number of anilines is 1. The van der Waals surface area contributed by atoms with Crippen molar-refractivity contribution in [2.45, 2.75) is 0 Å². The largest absolute Gasteiger partial charge is 0.383 e. The lowest BCUT2D eigenvalue weighted by molar-refractivity contribution is 1.24. The lowest BCUT2D eigenvalue weighted by Crippen LogP contribution is -2.06. The van der Waals surface area contributed by atoms with Crippen LogP contribution in [0.25, 0.3) is 21.8 Å². The SMILES string of the molecule is Cl.ClCCSCCNc1c2ccccc2nc2ccccc12. The Morgan fingerprint density at radius 3 is 2.09 bits per heavy atom. The van der Waals surface area contributed by atoms with Crippen molar-refractivity contribution in [3.05, 3.63) is 48.5 Å². The first-order chi connectivity index (χ1) is 10.4. The van der Waals surface area contributed by atoms with Gasteiger partial charge in [0.1, 0.15) is 0 Å². The molecule has 0 aliphatic carbocycles.